The van der Waals surface area contributed by atoms with Crippen LogP contribution in [0.25, 0.3) is 0 Å². The van der Waals surface area contributed by atoms with Crippen LogP contribution in [0.5, 0.6) is 0 Å². The summed E-state index contributed by atoms with van der Waals surface area (Å²) in [7, 11) is 0. The van der Waals surface area contributed by atoms with E-state index in [9.17, 15) is 0 Å². The Kier molecular flexibility index (Phi) is 10200. The summed E-state index contributed by atoms with van der Waals surface area (Å²) in [6.45, 7) is 0. The molecule has 46 valence electrons. The first-order chi connectivity index (χ1) is 0. The molecule has 6 heavy (non-hydrogen) atoms. The quantitative estimate of drug-likeness (QED) is 0.495. The van der Waals surface area contributed by atoms with Gasteiger partial charge in [-0.1, -0.05) is 0 Å². The molecule has 0 saturated heterocycles. The first-order valence-corrected chi connectivity index (χ1v) is 0. The second-order valence-electron chi connectivity index (χ2n) is 0. The number of hydrogen-bond acceptors (Lipinski definition) is 4. The molecule has 0 aromatic carbocycles. The molecule has 0 aliphatic carbocycles. The SMILES string of the molecule is [Co+2].[Co+2].[OH-].[OH-].[OH-].[OH-]. The Morgan fingerprint density at radius 3 is 0.333 bits per heavy atom. The van der Waals surface area contributed by atoms with Gasteiger partial charge in [-0.15, -0.1) is 0 Å². The maximum Gasteiger partial charge on any atom is 2.00 e. The minimum atomic E-state index is 0. The number of rotatable bonds is 0. The van der Waals surface area contributed by atoms with Crippen molar-refractivity contribution in [1.29, 1.82) is 0 Å². The first kappa shape index (κ1) is 323. The van der Waals surface area contributed by atoms with Crippen molar-refractivity contribution in [2.24, 2.45) is 0 Å². The van der Waals surface area contributed by atoms with E-state index < -0.39 is 0 Å². The predicted octanol–water partition coefficient (Wildman–Crippen LogP) is -0.712. The van der Waals surface area contributed by atoms with Gasteiger partial charge >= 0.3 is 33.6 Å². The van der Waals surface area contributed by atoms with Gasteiger partial charge in [-0.25, -0.2) is 0 Å². The second kappa shape index (κ2) is 189. The molecule has 2 radical (unpaired) electrons. The van der Waals surface area contributed by atoms with Crippen molar-refractivity contribution in [1.82, 2.24) is 0 Å². The molecule has 4 nitrogen and oxygen atoms in total. The van der Waals surface area contributed by atoms with Crippen molar-refractivity contribution in [3.63, 3.8) is 0 Å². The fraction of sp³-hybridized carbons (Fsp3) is 0. The van der Waals surface area contributed by atoms with Gasteiger partial charge in [-0.3, -0.25) is 0 Å². The van der Waals surface area contributed by atoms with Crippen molar-refractivity contribution in [3.05, 3.63) is 0 Å². The molecule has 6 heteroatoms. The van der Waals surface area contributed by atoms with Gasteiger partial charge in [0.05, 0.1) is 0 Å². The average molecular weight is 186 g/mol. The smallest absolute Gasteiger partial charge is 0.870 e. The van der Waals surface area contributed by atoms with Crippen LogP contribution in [-0.4, -0.2) is 21.9 Å². The largest absolute Gasteiger partial charge is 2.00 e. The summed E-state index contributed by atoms with van der Waals surface area (Å²) in [5.74, 6) is 0. The zero-order valence-corrected chi connectivity index (χ0v) is 4.54. The van der Waals surface area contributed by atoms with Crippen LogP contribution in [0.2, 0.25) is 0 Å². The molecule has 0 spiro atoms. The molecule has 0 heterocycles. The van der Waals surface area contributed by atoms with Gasteiger partial charge in [0.1, 0.15) is 0 Å². The van der Waals surface area contributed by atoms with Crippen molar-refractivity contribution in [3.8, 4) is 0 Å². The summed E-state index contributed by atoms with van der Waals surface area (Å²) >= 11 is 0. The molecule has 0 unspecified atom stereocenters. The van der Waals surface area contributed by atoms with E-state index in [1.807, 2.05) is 0 Å². The fourth-order valence-corrected chi connectivity index (χ4v) is 0. The van der Waals surface area contributed by atoms with Crippen LogP contribution >= 0.6 is 0 Å². The molecule has 0 bridgehead atoms. The predicted molar refractivity (Wildman–Crippen MR) is 7.74 cm³/mol. The third-order valence-electron chi connectivity index (χ3n) is 0. The van der Waals surface area contributed by atoms with Crippen molar-refractivity contribution < 1.29 is 55.5 Å². The molecular formula is H4Co2O4. The van der Waals surface area contributed by atoms with Gasteiger partial charge in [-0.05, 0) is 0 Å². The summed E-state index contributed by atoms with van der Waals surface area (Å²) in [5.41, 5.74) is 0. The van der Waals surface area contributed by atoms with Crippen LogP contribution in [0.3, 0.4) is 0 Å². The minimum absolute atomic E-state index is 0. The van der Waals surface area contributed by atoms with Gasteiger partial charge < -0.3 is 21.9 Å². The zero-order valence-electron chi connectivity index (χ0n) is 2.46. The first-order valence-electron chi connectivity index (χ1n) is 0. The molecule has 0 rings (SSSR count). The molecule has 0 aromatic rings. The molecule has 0 aliphatic heterocycles. The van der Waals surface area contributed by atoms with E-state index in [0.717, 1.165) is 0 Å². The van der Waals surface area contributed by atoms with Gasteiger partial charge in [0.15, 0.2) is 0 Å². The van der Waals surface area contributed by atoms with Gasteiger partial charge in [0.2, 0.25) is 0 Å². The topological polar surface area (TPSA) is 120 Å². The van der Waals surface area contributed by atoms with Crippen molar-refractivity contribution in [2.45, 2.75) is 0 Å². The van der Waals surface area contributed by atoms with Crippen LogP contribution in [0, 0.1) is 0 Å². The molecule has 4 N–H and O–H groups in total. The van der Waals surface area contributed by atoms with E-state index in [0.29, 0.717) is 0 Å². The van der Waals surface area contributed by atoms with Gasteiger partial charge in [-0.2, -0.15) is 0 Å². The number of hydrogen-bond donors (Lipinski definition) is 0. The van der Waals surface area contributed by atoms with Crippen molar-refractivity contribution in [2.75, 3.05) is 0 Å². The summed E-state index contributed by atoms with van der Waals surface area (Å²) in [4.78, 5) is 0. The Labute approximate surface area is 55.9 Å². The van der Waals surface area contributed by atoms with Crippen LogP contribution in [0.4, 0.5) is 0 Å². The molecule has 0 saturated carbocycles. The zero-order chi connectivity index (χ0) is 0. The van der Waals surface area contributed by atoms with E-state index in [-0.39, 0.29) is 55.5 Å². The van der Waals surface area contributed by atoms with Gasteiger partial charge in [0, 0.05) is 0 Å². The third-order valence-corrected chi connectivity index (χ3v) is 0. The monoisotopic (exact) mass is 186 g/mol. The normalized spacial score (nSPS) is 0. The third kappa shape index (κ3) is 99.0. The van der Waals surface area contributed by atoms with Gasteiger partial charge in [0.25, 0.3) is 0 Å². The minimum Gasteiger partial charge on any atom is -0.870 e. The van der Waals surface area contributed by atoms with Crippen LogP contribution in [0.1, 0.15) is 0 Å². The second-order valence-corrected chi connectivity index (χ2v) is 0. The van der Waals surface area contributed by atoms with E-state index in [4.69, 9.17) is 0 Å². The maximum absolute atomic E-state index is 0. The Balaban J connectivity index is 0. The van der Waals surface area contributed by atoms with E-state index in [1.54, 1.807) is 0 Å². The Morgan fingerprint density at radius 2 is 0.333 bits per heavy atom. The molecular weight excluding hydrogens is 182 g/mol. The van der Waals surface area contributed by atoms with E-state index in [2.05, 4.69) is 0 Å². The van der Waals surface area contributed by atoms with Crippen LogP contribution in [-0.2, 0) is 33.6 Å². The maximum atomic E-state index is 0. The molecule has 0 aromatic heterocycles. The van der Waals surface area contributed by atoms with Crippen molar-refractivity contribution >= 4 is 0 Å². The standard InChI is InChI=1S/2Co.4H2O/h;;4*1H2/q2*+2;;;;/p-4. The van der Waals surface area contributed by atoms with E-state index in [1.165, 1.54) is 0 Å². The summed E-state index contributed by atoms with van der Waals surface area (Å²) in [5, 5.41) is 0. The van der Waals surface area contributed by atoms with Crippen LogP contribution in [0.15, 0.2) is 0 Å². The van der Waals surface area contributed by atoms with Crippen LogP contribution < -0.4 is 0 Å². The molecule has 0 fully saturated rings. The molecule has 0 atom stereocenters. The fourth-order valence-electron chi connectivity index (χ4n) is 0. The Morgan fingerprint density at radius 1 is 0.333 bits per heavy atom. The summed E-state index contributed by atoms with van der Waals surface area (Å²) in [6, 6.07) is 0. The summed E-state index contributed by atoms with van der Waals surface area (Å²) < 4.78 is 0. The van der Waals surface area contributed by atoms with E-state index >= 15 is 0 Å². The Bertz CT molecular complexity index is 5.51. The molecule has 0 aliphatic rings. The summed E-state index contributed by atoms with van der Waals surface area (Å²) in [6.07, 6.45) is 0. The Hall–Kier alpha value is 0.853. The average Bonchev–Trinajstić information content (AvgIpc) is 0. The molecule has 0 amide bonds.